The molecule has 5 heteroatoms. The number of carbonyl (C=O) groups is 1. The first kappa shape index (κ1) is 10.9. The Morgan fingerprint density at radius 3 is 2.81 bits per heavy atom. The Bertz CT molecular complexity index is 450. The average Bonchev–Trinajstić information content (AvgIpc) is 2.24. The van der Waals surface area contributed by atoms with Crippen LogP contribution in [0.3, 0.4) is 0 Å². The largest absolute Gasteiger partial charge is 0.504 e. The first-order valence-electron chi connectivity index (χ1n) is 4.77. The van der Waals surface area contributed by atoms with Gasteiger partial charge in [0, 0.05) is 0 Å². The van der Waals surface area contributed by atoms with E-state index in [-0.39, 0.29) is 23.7 Å². The molecule has 5 nitrogen and oxygen atoms in total. The molecule has 2 N–H and O–H groups in total. The fraction of sp³-hybridized carbons (Fsp3) is 0.364. The molecule has 0 bridgehead atoms. The van der Waals surface area contributed by atoms with Crippen LogP contribution in [0.15, 0.2) is 12.1 Å². The third kappa shape index (κ3) is 1.45. The molecule has 1 atom stereocenters. The van der Waals surface area contributed by atoms with Crippen molar-refractivity contribution in [1.29, 1.82) is 0 Å². The third-order valence-electron chi connectivity index (χ3n) is 2.60. The summed E-state index contributed by atoms with van der Waals surface area (Å²) in [7, 11) is 1.39. The van der Waals surface area contributed by atoms with Crippen LogP contribution in [0, 0.1) is 0 Å². The highest BCUT2D eigenvalue weighted by molar-refractivity contribution is 6.05. The van der Waals surface area contributed by atoms with Gasteiger partial charge < -0.3 is 19.7 Å². The summed E-state index contributed by atoms with van der Waals surface area (Å²) in [5.74, 6) is -2.61. The van der Waals surface area contributed by atoms with Gasteiger partial charge in [-0.25, -0.2) is 0 Å². The lowest BCUT2D eigenvalue weighted by Gasteiger charge is -2.29. The van der Waals surface area contributed by atoms with Crippen molar-refractivity contribution in [3.05, 3.63) is 23.3 Å². The summed E-state index contributed by atoms with van der Waals surface area (Å²) in [6.07, 6.45) is 0. The van der Waals surface area contributed by atoms with Crippen LogP contribution in [0.25, 0.3) is 0 Å². The highest BCUT2D eigenvalue weighted by Crippen LogP contribution is 2.38. The number of aromatic hydroxyl groups is 1. The van der Waals surface area contributed by atoms with E-state index < -0.39 is 11.6 Å². The van der Waals surface area contributed by atoms with Gasteiger partial charge in [0.25, 0.3) is 0 Å². The Morgan fingerprint density at radius 2 is 2.19 bits per heavy atom. The summed E-state index contributed by atoms with van der Waals surface area (Å²) in [5.41, 5.74) is 0.602. The topological polar surface area (TPSA) is 76.0 Å². The zero-order valence-electron chi connectivity index (χ0n) is 8.98. The second kappa shape index (κ2) is 3.47. The number of aliphatic hydroxyl groups is 1. The summed E-state index contributed by atoms with van der Waals surface area (Å²) in [6, 6.07) is 3.17. The van der Waals surface area contributed by atoms with Gasteiger partial charge in [0.15, 0.2) is 11.5 Å². The van der Waals surface area contributed by atoms with Crippen LogP contribution < -0.4 is 4.74 Å². The van der Waals surface area contributed by atoms with Crippen LogP contribution in [-0.2, 0) is 11.3 Å². The summed E-state index contributed by atoms with van der Waals surface area (Å²) in [6.45, 7) is 1.32. The predicted molar refractivity (Wildman–Crippen MR) is 54.4 cm³/mol. The number of ether oxygens (including phenoxy) is 2. The van der Waals surface area contributed by atoms with Gasteiger partial charge in [0.2, 0.25) is 11.6 Å². The maximum atomic E-state index is 11.8. The van der Waals surface area contributed by atoms with Crippen molar-refractivity contribution in [2.45, 2.75) is 19.3 Å². The highest BCUT2D eigenvalue weighted by Gasteiger charge is 2.40. The van der Waals surface area contributed by atoms with Crippen molar-refractivity contribution in [2.24, 2.45) is 0 Å². The smallest absolute Gasteiger partial charge is 0.228 e. The molecule has 86 valence electrons. The molecule has 0 unspecified atom stereocenters. The van der Waals surface area contributed by atoms with Crippen molar-refractivity contribution in [1.82, 2.24) is 0 Å². The number of carbonyl (C=O) groups excluding carboxylic acids is 1. The quantitative estimate of drug-likeness (QED) is 0.738. The van der Waals surface area contributed by atoms with E-state index in [1.807, 2.05) is 0 Å². The van der Waals surface area contributed by atoms with Gasteiger partial charge >= 0.3 is 0 Å². The lowest BCUT2D eigenvalue weighted by atomic mass is 9.95. The van der Waals surface area contributed by atoms with Gasteiger partial charge in [0.05, 0.1) is 19.3 Å². The Morgan fingerprint density at radius 1 is 1.50 bits per heavy atom. The van der Waals surface area contributed by atoms with Crippen molar-refractivity contribution < 1.29 is 24.5 Å². The Kier molecular flexibility index (Phi) is 2.36. The third-order valence-corrected chi connectivity index (χ3v) is 2.60. The van der Waals surface area contributed by atoms with Gasteiger partial charge in [-0.05, 0) is 18.6 Å². The predicted octanol–water partition coefficient (Wildman–Crippen LogP) is 0.822. The van der Waals surface area contributed by atoms with Crippen LogP contribution >= 0.6 is 0 Å². The molecular formula is C11H12O5. The number of Topliss-reactive ketones (excluding diaryl/α,β-unsaturated/α-hetero) is 1. The minimum absolute atomic E-state index is 0.0654. The summed E-state index contributed by atoms with van der Waals surface area (Å²) in [5, 5.41) is 19.5. The maximum absolute atomic E-state index is 11.8. The molecule has 0 fully saturated rings. The second-order valence-corrected chi connectivity index (χ2v) is 3.75. The molecule has 0 saturated carbocycles. The Balaban J connectivity index is 2.61. The standard InChI is InChI=1S/C11H12O5/c1-11(14)10(13)8-6(5-16-11)3-4-7(15-2)9(8)12/h3-4,12,14H,5H2,1-2H3/t11-/m0/s1. The zero-order valence-corrected chi connectivity index (χ0v) is 8.98. The number of hydrogen-bond acceptors (Lipinski definition) is 5. The monoisotopic (exact) mass is 224 g/mol. The number of fused-ring (bicyclic) bond motifs is 1. The van der Waals surface area contributed by atoms with Gasteiger partial charge in [-0.1, -0.05) is 6.07 Å². The number of ketones is 1. The van der Waals surface area contributed by atoms with Crippen molar-refractivity contribution >= 4 is 5.78 Å². The van der Waals surface area contributed by atoms with Gasteiger partial charge in [-0.3, -0.25) is 4.79 Å². The SMILES string of the molecule is COc1ccc2c(c1O)C(=O)[C@@](C)(O)OC2. The Labute approximate surface area is 92.2 Å². The summed E-state index contributed by atoms with van der Waals surface area (Å²) < 4.78 is 9.89. The van der Waals surface area contributed by atoms with Crippen molar-refractivity contribution in [3.8, 4) is 11.5 Å². The van der Waals surface area contributed by atoms with Crippen molar-refractivity contribution in [3.63, 3.8) is 0 Å². The van der Waals surface area contributed by atoms with Crippen LogP contribution in [0.2, 0.25) is 0 Å². The molecule has 0 radical (unpaired) electrons. The zero-order chi connectivity index (χ0) is 11.9. The molecule has 1 aromatic carbocycles. The van der Waals surface area contributed by atoms with Crippen molar-refractivity contribution in [2.75, 3.05) is 7.11 Å². The number of rotatable bonds is 1. The van der Waals surface area contributed by atoms with E-state index in [0.29, 0.717) is 5.56 Å². The molecule has 2 rings (SSSR count). The number of methoxy groups -OCH3 is 1. The van der Waals surface area contributed by atoms with Crippen LogP contribution in [-0.4, -0.2) is 28.9 Å². The van der Waals surface area contributed by atoms with E-state index in [2.05, 4.69) is 0 Å². The number of phenols is 1. The maximum Gasteiger partial charge on any atom is 0.228 e. The van der Waals surface area contributed by atoms with Gasteiger partial charge in [-0.2, -0.15) is 0 Å². The molecule has 0 aliphatic carbocycles. The first-order valence-corrected chi connectivity index (χ1v) is 4.77. The lowest BCUT2D eigenvalue weighted by Crippen LogP contribution is -2.42. The molecule has 1 aliphatic rings. The molecule has 16 heavy (non-hydrogen) atoms. The second-order valence-electron chi connectivity index (χ2n) is 3.75. The molecule has 0 saturated heterocycles. The lowest BCUT2D eigenvalue weighted by molar-refractivity contribution is -0.165. The number of phenolic OH excluding ortho intramolecular Hbond substituents is 1. The molecule has 1 heterocycles. The fourth-order valence-corrected chi connectivity index (χ4v) is 1.67. The Hall–Kier alpha value is -1.59. The molecule has 0 amide bonds. The average molecular weight is 224 g/mol. The molecule has 1 aromatic rings. The van der Waals surface area contributed by atoms with E-state index in [1.165, 1.54) is 14.0 Å². The minimum atomic E-state index is -1.89. The molecule has 0 aromatic heterocycles. The molecular weight excluding hydrogens is 212 g/mol. The van der Waals surface area contributed by atoms with E-state index in [0.717, 1.165) is 0 Å². The summed E-state index contributed by atoms with van der Waals surface area (Å²) >= 11 is 0. The number of hydrogen-bond donors (Lipinski definition) is 2. The van der Waals surface area contributed by atoms with E-state index >= 15 is 0 Å². The van der Waals surface area contributed by atoms with Crippen LogP contribution in [0.1, 0.15) is 22.8 Å². The van der Waals surface area contributed by atoms with Crippen LogP contribution in [0.5, 0.6) is 11.5 Å². The number of benzene rings is 1. The first-order chi connectivity index (χ1) is 7.47. The van der Waals surface area contributed by atoms with Crippen LogP contribution in [0.4, 0.5) is 0 Å². The molecule has 1 aliphatic heterocycles. The normalized spacial score (nSPS) is 24.1. The minimum Gasteiger partial charge on any atom is -0.504 e. The van der Waals surface area contributed by atoms with Gasteiger partial charge in [-0.15, -0.1) is 0 Å². The molecule has 0 spiro atoms. The van der Waals surface area contributed by atoms with E-state index in [1.54, 1.807) is 12.1 Å². The summed E-state index contributed by atoms with van der Waals surface area (Å²) in [4.78, 5) is 11.8. The van der Waals surface area contributed by atoms with E-state index in [4.69, 9.17) is 9.47 Å². The van der Waals surface area contributed by atoms with E-state index in [9.17, 15) is 15.0 Å². The fourth-order valence-electron chi connectivity index (χ4n) is 1.67. The van der Waals surface area contributed by atoms with Gasteiger partial charge in [0.1, 0.15) is 0 Å². The highest BCUT2D eigenvalue weighted by atomic mass is 16.6.